The summed E-state index contributed by atoms with van der Waals surface area (Å²) in [5, 5.41) is 10.4. The third kappa shape index (κ3) is 6.21. The van der Waals surface area contributed by atoms with Crippen molar-refractivity contribution in [2.45, 2.75) is 31.9 Å². The number of carbonyl (C=O) groups excluding carboxylic acids is 1. The number of aliphatic hydroxyl groups is 1. The fourth-order valence-corrected chi connectivity index (χ4v) is 3.85. The lowest BCUT2D eigenvalue weighted by molar-refractivity contribution is 0.0600. The molecule has 0 aliphatic carbocycles. The van der Waals surface area contributed by atoms with Crippen molar-refractivity contribution in [2.24, 2.45) is 0 Å². The fraction of sp³-hybridized carbons (Fsp3) is 0.458. The monoisotopic (exact) mass is 412 g/mol. The van der Waals surface area contributed by atoms with Crippen LogP contribution in [0.2, 0.25) is 0 Å². The largest absolute Gasteiger partial charge is 0.491 e. The number of piperidine rings is 1. The van der Waals surface area contributed by atoms with Crippen LogP contribution in [0, 0.1) is 0 Å². The van der Waals surface area contributed by atoms with Crippen molar-refractivity contribution in [3.8, 4) is 5.75 Å². The van der Waals surface area contributed by atoms with Crippen LogP contribution in [-0.4, -0.2) is 62.5 Å². The Morgan fingerprint density at radius 1 is 1.10 bits per heavy atom. The zero-order valence-corrected chi connectivity index (χ0v) is 17.9. The van der Waals surface area contributed by atoms with Gasteiger partial charge in [-0.1, -0.05) is 18.2 Å². The van der Waals surface area contributed by atoms with E-state index in [0.29, 0.717) is 17.9 Å². The molecule has 1 heterocycles. The molecule has 1 saturated heterocycles. The van der Waals surface area contributed by atoms with E-state index in [1.165, 1.54) is 37.6 Å². The number of hydrogen-bond acceptors (Lipinski definition) is 6. The maximum Gasteiger partial charge on any atom is 0.337 e. The molecule has 162 valence electrons. The summed E-state index contributed by atoms with van der Waals surface area (Å²) in [6.45, 7) is 3.71. The van der Waals surface area contributed by atoms with Crippen molar-refractivity contribution in [3.63, 3.8) is 0 Å². The van der Waals surface area contributed by atoms with Crippen molar-refractivity contribution in [1.29, 1.82) is 0 Å². The van der Waals surface area contributed by atoms with Crippen LogP contribution in [-0.2, 0) is 11.3 Å². The van der Waals surface area contributed by atoms with Crippen LogP contribution in [0.5, 0.6) is 5.75 Å². The number of rotatable bonds is 9. The first kappa shape index (κ1) is 22.1. The highest BCUT2D eigenvalue weighted by atomic mass is 16.5. The van der Waals surface area contributed by atoms with E-state index in [1.54, 1.807) is 24.3 Å². The number of ether oxygens (including phenoxy) is 2. The average Bonchev–Trinajstić information content (AvgIpc) is 2.78. The maximum atomic E-state index is 11.5. The van der Waals surface area contributed by atoms with Gasteiger partial charge >= 0.3 is 5.97 Å². The molecule has 1 atom stereocenters. The number of nitrogens with zero attached hydrogens (tertiary/aromatic N) is 2. The minimum absolute atomic E-state index is 0.190. The average molecular weight is 413 g/mol. The standard InChI is InChI=1S/C24H32N2O4/c1-25(16-20-8-4-5-9-23(20)26-14-6-3-7-15-26)17-21(27)18-30-22-12-10-19(11-13-22)24(28)29-2/h4-5,8-13,21,27H,3,6-7,14-18H2,1-2H3/t21-/m0/s1. The van der Waals surface area contributed by atoms with Crippen LogP contribution >= 0.6 is 0 Å². The van der Waals surface area contributed by atoms with Crippen LogP contribution in [0.4, 0.5) is 5.69 Å². The molecule has 0 aromatic heterocycles. The van der Waals surface area contributed by atoms with E-state index in [1.807, 2.05) is 7.05 Å². The van der Waals surface area contributed by atoms with Crippen LogP contribution in [0.1, 0.15) is 35.2 Å². The number of methoxy groups -OCH3 is 1. The van der Waals surface area contributed by atoms with Crippen molar-refractivity contribution in [1.82, 2.24) is 4.90 Å². The summed E-state index contributed by atoms with van der Waals surface area (Å²) >= 11 is 0. The predicted octanol–water partition coefficient (Wildman–Crippen LogP) is 3.34. The number of carbonyl (C=O) groups is 1. The molecule has 2 aromatic carbocycles. The van der Waals surface area contributed by atoms with Crippen molar-refractivity contribution < 1.29 is 19.4 Å². The zero-order chi connectivity index (χ0) is 21.3. The normalized spacial score (nSPS) is 15.1. The number of hydrogen-bond donors (Lipinski definition) is 1. The maximum absolute atomic E-state index is 11.5. The Bertz CT molecular complexity index is 803. The molecule has 6 heteroatoms. The van der Waals surface area contributed by atoms with Crippen LogP contribution in [0.15, 0.2) is 48.5 Å². The SMILES string of the molecule is COC(=O)c1ccc(OC[C@@H](O)CN(C)Cc2ccccc2N2CCCCC2)cc1. The molecule has 0 saturated carbocycles. The van der Waals surface area contributed by atoms with Crippen molar-refractivity contribution >= 4 is 11.7 Å². The van der Waals surface area contributed by atoms with E-state index in [-0.39, 0.29) is 12.6 Å². The van der Waals surface area contributed by atoms with E-state index in [2.05, 4.69) is 38.8 Å². The minimum atomic E-state index is -0.613. The summed E-state index contributed by atoms with van der Waals surface area (Å²) in [5.74, 6) is 0.229. The first-order valence-electron chi connectivity index (χ1n) is 10.6. The zero-order valence-electron chi connectivity index (χ0n) is 17.9. The van der Waals surface area contributed by atoms with E-state index in [0.717, 1.165) is 19.6 Å². The highest BCUT2D eigenvalue weighted by Gasteiger charge is 2.16. The van der Waals surface area contributed by atoms with Crippen molar-refractivity contribution in [3.05, 3.63) is 59.7 Å². The van der Waals surface area contributed by atoms with Gasteiger partial charge in [-0.05, 0) is 62.2 Å². The third-order valence-corrected chi connectivity index (χ3v) is 5.37. The molecule has 2 aromatic rings. The highest BCUT2D eigenvalue weighted by molar-refractivity contribution is 5.89. The number of benzene rings is 2. The lowest BCUT2D eigenvalue weighted by atomic mass is 10.1. The molecule has 0 unspecified atom stereocenters. The Morgan fingerprint density at radius 3 is 2.50 bits per heavy atom. The van der Waals surface area contributed by atoms with Gasteiger partial charge in [-0.3, -0.25) is 4.90 Å². The Morgan fingerprint density at radius 2 is 1.80 bits per heavy atom. The predicted molar refractivity (Wildman–Crippen MR) is 118 cm³/mol. The van der Waals surface area contributed by atoms with Gasteiger partial charge in [0, 0.05) is 31.9 Å². The van der Waals surface area contributed by atoms with Crippen LogP contribution < -0.4 is 9.64 Å². The number of aliphatic hydroxyl groups excluding tert-OH is 1. The summed E-state index contributed by atoms with van der Waals surface area (Å²) in [4.78, 5) is 16.1. The van der Waals surface area contributed by atoms with Gasteiger partial charge < -0.3 is 19.5 Å². The number of anilines is 1. The number of likely N-dealkylation sites (N-methyl/N-ethyl adjacent to an activating group) is 1. The second kappa shape index (κ2) is 11.0. The van der Waals surface area contributed by atoms with Crippen LogP contribution in [0.3, 0.4) is 0 Å². The summed E-state index contributed by atoms with van der Waals surface area (Å²) in [5.41, 5.74) is 3.06. The molecule has 3 rings (SSSR count). The summed E-state index contributed by atoms with van der Waals surface area (Å²) in [7, 11) is 3.37. The topological polar surface area (TPSA) is 62.2 Å². The fourth-order valence-electron chi connectivity index (χ4n) is 3.85. The first-order valence-corrected chi connectivity index (χ1v) is 10.6. The molecule has 0 spiro atoms. The quantitative estimate of drug-likeness (QED) is 0.638. The molecular formula is C24H32N2O4. The summed E-state index contributed by atoms with van der Waals surface area (Å²) in [6.07, 6.45) is 3.20. The molecule has 6 nitrogen and oxygen atoms in total. The van der Waals surface area contributed by atoms with Gasteiger partial charge in [-0.25, -0.2) is 4.79 Å². The summed E-state index contributed by atoms with van der Waals surface area (Å²) < 4.78 is 10.4. The first-order chi connectivity index (χ1) is 14.6. The number of para-hydroxylation sites is 1. The molecule has 0 bridgehead atoms. The van der Waals surface area contributed by atoms with Gasteiger partial charge in [0.05, 0.1) is 12.7 Å². The second-order valence-electron chi connectivity index (χ2n) is 7.85. The molecule has 1 N–H and O–H groups in total. The van der Waals surface area contributed by atoms with E-state index in [4.69, 9.17) is 4.74 Å². The molecular weight excluding hydrogens is 380 g/mol. The molecule has 1 aliphatic rings. The molecule has 1 fully saturated rings. The lowest BCUT2D eigenvalue weighted by Crippen LogP contribution is -2.34. The molecule has 1 aliphatic heterocycles. The lowest BCUT2D eigenvalue weighted by Gasteiger charge is -2.31. The van der Waals surface area contributed by atoms with E-state index in [9.17, 15) is 9.90 Å². The van der Waals surface area contributed by atoms with Gasteiger partial charge in [-0.15, -0.1) is 0 Å². The van der Waals surface area contributed by atoms with Gasteiger partial charge in [0.25, 0.3) is 0 Å². The van der Waals surface area contributed by atoms with Gasteiger partial charge in [0.15, 0.2) is 0 Å². The van der Waals surface area contributed by atoms with Gasteiger partial charge in [-0.2, -0.15) is 0 Å². The second-order valence-corrected chi connectivity index (χ2v) is 7.85. The van der Waals surface area contributed by atoms with Crippen LogP contribution in [0.25, 0.3) is 0 Å². The highest BCUT2D eigenvalue weighted by Crippen LogP contribution is 2.25. The Balaban J connectivity index is 1.49. The Hall–Kier alpha value is -2.57. The number of esters is 1. The smallest absolute Gasteiger partial charge is 0.337 e. The summed E-state index contributed by atoms with van der Waals surface area (Å²) in [6, 6.07) is 15.3. The van der Waals surface area contributed by atoms with Crippen molar-refractivity contribution in [2.75, 3.05) is 45.3 Å². The third-order valence-electron chi connectivity index (χ3n) is 5.37. The van der Waals surface area contributed by atoms with E-state index < -0.39 is 6.10 Å². The molecule has 0 amide bonds. The molecule has 0 radical (unpaired) electrons. The Kier molecular flexibility index (Phi) is 8.11. The van der Waals surface area contributed by atoms with Gasteiger partial charge in [0.2, 0.25) is 0 Å². The molecule has 30 heavy (non-hydrogen) atoms. The van der Waals surface area contributed by atoms with E-state index >= 15 is 0 Å². The minimum Gasteiger partial charge on any atom is -0.491 e. The Labute approximate surface area is 179 Å². The van der Waals surface area contributed by atoms with Gasteiger partial charge in [0.1, 0.15) is 18.5 Å².